The highest BCUT2D eigenvalue weighted by atomic mass is 15.0. The minimum absolute atomic E-state index is 0.360. The van der Waals surface area contributed by atoms with Gasteiger partial charge in [0.25, 0.3) is 0 Å². The molecule has 3 rings (SSSR count). The summed E-state index contributed by atoms with van der Waals surface area (Å²) in [4.78, 5) is 4.58. The molecule has 2 nitrogen and oxygen atoms in total. The van der Waals surface area contributed by atoms with E-state index in [0.29, 0.717) is 12.1 Å². The lowest BCUT2D eigenvalue weighted by atomic mass is 9.91. The van der Waals surface area contributed by atoms with Gasteiger partial charge in [0.15, 0.2) is 0 Å². The van der Waals surface area contributed by atoms with Crippen LogP contribution in [0.1, 0.15) is 48.7 Å². The second-order valence-electron chi connectivity index (χ2n) is 5.29. The lowest BCUT2D eigenvalue weighted by Crippen LogP contribution is -2.28. The summed E-state index contributed by atoms with van der Waals surface area (Å²) in [6, 6.07) is 15.6. The molecule has 2 heteroatoms. The van der Waals surface area contributed by atoms with Gasteiger partial charge in [0.05, 0.1) is 11.7 Å². The number of hydrogen-bond donors (Lipinski definition) is 1. The monoisotopic (exact) mass is 252 g/mol. The number of nitrogens with zero attached hydrogens (tertiary/aromatic N) is 1. The van der Waals surface area contributed by atoms with E-state index in [1.54, 1.807) is 0 Å². The molecule has 1 N–H and O–H groups in total. The van der Waals surface area contributed by atoms with Crippen molar-refractivity contribution in [2.24, 2.45) is 0 Å². The minimum atomic E-state index is 0.360. The van der Waals surface area contributed by atoms with Crippen LogP contribution < -0.4 is 5.32 Å². The molecule has 0 bridgehead atoms. The van der Waals surface area contributed by atoms with Gasteiger partial charge < -0.3 is 5.32 Å². The van der Waals surface area contributed by atoms with Crippen molar-refractivity contribution in [2.75, 3.05) is 0 Å². The Morgan fingerprint density at radius 2 is 2.00 bits per heavy atom. The molecule has 1 aliphatic carbocycles. The van der Waals surface area contributed by atoms with Crippen molar-refractivity contribution in [3.63, 3.8) is 0 Å². The van der Waals surface area contributed by atoms with Crippen molar-refractivity contribution in [1.29, 1.82) is 0 Å². The predicted octanol–water partition coefficient (Wildman–Crippen LogP) is 3.81. The highest BCUT2D eigenvalue weighted by molar-refractivity contribution is 5.26. The molecule has 0 saturated carbocycles. The van der Waals surface area contributed by atoms with E-state index in [9.17, 15) is 0 Å². The van der Waals surface area contributed by atoms with Crippen molar-refractivity contribution in [3.05, 3.63) is 65.5 Å². The van der Waals surface area contributed by atoms with Gasteiger partial charge in [-0.3, -0.25) is 4.98 Å². The van der Waals surface area contributed by atoms with Crippen molar-refractivity contribution < 1.29 is 0 Å². The Kier molecular flexibility index (Phi) is 3.60. The van der Waals surface area contributed by atoms with Gasteiger partial charge in [-0.25, -0.2) is 0 Å². The van der Waals surface area contributed by atoms with Crippen LogP contribution in [0.4, 0.5) is 0 Å². The highest BCUT2D eigenvalue weighted by Crippen LogP contribution is 2.29. The number of hydrogen-bond acceptors (Lipinski definition) is 2. The maximum Gasteiger partial charge on any atom is 0.0605 e. The van der Waals surface area contributed by atoms with Crippen LogP contribution in [0.15, 0.2) is 48.7 Å². The Hall–Kier alpha value is -1.67. The van der Waals surface area contributed by atoms with Crippen LogP contribution in [0, 0.1) is 0 Å². The fraction of sp³-hybridized carbons (Fsp3) is 0.353. The Morgan fingerprint density at radius 3 is 2.84 bits per heavy atom. The quantitative estimate of drug-likeness (QED) is 0.898. The number of rotatable bonds is 3. The molecule has 19 heavy (non-hydrogen) atoms. The van der Waals surface area contributed by atoms with Crippen LogP contribution in [0.2, 0.25) is 0 Å². The predicted molar refractivity (Wildman–Crippen MR) is 77.9 cm³/mol. The van der Waals surface area contributed by atoms with Gasteiger partial charge in [0, 0.05) is 12.2 Å². The number of nitrogens with one attached hydrogen (secondary N) is 1. The van der Waals surface area contributed by atoms with Crippen molar-refractivity contribution in [2.45, 2.75) is 38.3 Å². The van der Waals surface area contributed by atoms with E-state index >= 15 is 0 Å². The number of fused-ring (bicyclic) bond motifs is 1. The van der Waals surface area contributed by atoms with Crippen LogP contribution in [-0.2, 0) is 6.42 Å². The number of pyridine rings is 1. The molecule has 1 aromatic carbocycles. The second kappa shape index (κ2) is 5.54. The zero-order valence-corrected chi connectivity index (χ0v) is 11.3. The summed E-state index contributed by atoms with van der Waals surface area (Å²) in [7, 11) is 0. The van der Waals surface area contributed by atoms with Crippen molar-refractivity contribution >= 4 is 0 Å². The van der Waals surface area contributed by atoms with E-state index in [4.69, 9.17) is 0 Å². The summed E-state index contributed by atoms with van der Waals surface area (Å²) in [6.07, 6.45) is 5.51. The van der Waals surface area contributed by atoms with Crippen LogP contribution >= 0.6 is 0 Å². The molecular weight excluding hydrogens is 232 g/mol. The number of aromatic nitrogens is 1. The zero-order valence-electron chi connectivity index (χ0n) is 11.3. The first-order chi connectivity index (χ1) is 9.34. The molecule has 1 aliphatic rings. The van der Waals surface area contributed by atoms with Crippen LogP contribution in [-0.4, -0.2) is 4.98 Å². The highest BCUT2D eigenvalue weighted by Gasteiger charge is 2.22. The second-order valence-corrected chi connectivity index (χ2v) is 5.29. The largest absolute Gasteiger partial charge is 0.302 e. The molecule has 0 saturated heterocycles. The van der Waals surface area contributed by atoms with Crippen molar-refractivity contribution in [1.82, 2.24) is 10.3 Å². The van der Waals surface area contributed by atoms with Gasteiger partial charge in [-0.05, 0) is 43.4 Å². The summed E-state index contributed by atoms with van der Waals surface area (Å²) in [6.45, 7) is 2.23. The summed E-state index contributed by atoms with van der Waals surface area (Å²) >= 11 is 0. The van der Waals surface area contributed by atoms with Crippen molar-refractivity contribution in [3.8, 4) is 0 Å². The van der Waals surface area contributed by atoms with E-state index in [1.165, 1.54) is 36.1 Å². The molecular formula is C17H20N2. The zero-order chi connectivity index (χ0) is 13.1. The summed E-state index contributed by atoms with van der Waals surface area (Å²) in [5.41, 5.74) is 3.99. The molecule has 0 radical (unpaired) electrons. The summed E-state index contributed by atoms with van der Waals surface area (Å²) in [5.74, 6) is 0. The SMILES string of the molecule is C[C@H](NC1CCCc2cccnc21)c1ccccc1. The van der Waals surface area contributed by atoms with E-state index < -0.39 is 0 Å². The van der Waals surface area contributed by atoms with E-state index in [1.807, 2.05) is 12.3 Å². The molecule has 2 atom stereocenters. The first-order valence-corrected chi connectivity index (χ1v) is 7.09. The van der Waals surface area contributed by atoms with Gasteiger partial charge >= 0.3 is 0 Å². The lowest BCUT2D eigenvalue weighted by Gasteiger charge is -2.28. The van der Waals surface area contributed by atoms with Gasteiger partial charge in [-0.1, -0.05) is 36.4 Å². The Balaban J connectivity index is 1.78. The molecule has 2 aromatic rings. The third kappa shape index (κ3) is 2.69. The smallest absolute Gasteiger partial charge is 0.0605 e. The van der Waals surface area contributed by atoms with Crippen LogP contribution in [0.25, 0.3) is 0 Å². The molecule has 0 aliphatic heterocycles. The summed E-state index contributed by atoms with van der Waals surface area (Å²) < 4.78 is 0. The maximum absolute atomic E-state index is 4.58. The third-order valence-corrected chi connectivity index (χ3v) is 3.95. The molecule has 1 unspecified atom stereocenters. The normalized spacial score (nSPS) is 19.7. The third-order valence-electron chi connectivity index (χ3n) is 3.95. The molecule has 1 aromatic heterocycles. The van der Waals surface area contributed by atoms with Gasteiger partial charge in [0.1, 0.15) is 0 Å². The molecule has 0 fully saturated rings. The van der Waals surface area contributed by atoms with Gasteiger partial charge in [-0.15, -0.1) is 0 Å². The first-order valence-electron chi connectivity index (χ1n) is 7.09. The topological polar surface area (TPSA) is 24.9 Å². The van der Waals surface area contributed by atoms with Gasteiger partial charge in [-0.2, -0.15) is 0 Å². The van der Waals surface area contributed by atoms with Gasteiger partial charge in [0.2, 0.25) is 0 Å². The van der Waals surface area contributed by atoms with E-state index in [0.717, 1.165) is 0 Å². The minimum Gasteiger partial charge on any atom is -0.302 e. The van der Waals surface area contributed by atoms with Crippen LogP contribution in [0.3, 0.4) is 0 Å². The van der Waals surface area contributed by atoms with Crippen LogP contribution in [0.5, 0.6) is 0 Å². The summed E-state index contributed by atoms with van der Waals surface area (Å²) in [5, 5.41) is 3.73. The average Bonchev–Trinajstić information content (AvgIpc) is 2.48. The first kappa shape index (κ1) is 12.4. The number of aryl methyl sites for hydroxylation is 1. The fourth-order valence-corrected chi connectivity index (χ4v) is 2.91. The Morgan fingerprint density at radius 1 is 1.16 bits per heavy atom. The standard InChI is InChI=1S/C17H20N2/c1-13(14-7-3-2-4-8-14)19-16-11-5-9-15-10-6-12-18-17(15)16/h2-4,6-8,10,12-13,16,19H,5,9,11H2,1H3/t13-,16?/m0/s1. The molecule has 98 valence electrons. The number of benzene rings is 1. The average molecular weight is 252 g/mol. The van der Waals surface area contributed by atoms with E-state index in [2.05, 4.69) is 53.6 Å². The maximum atomic E-state index is 4.58. The fourth-order valence-electron chi connectivity index (χ4n) is 2.91. The molecule has 0 spiro atoms. The molecule has 0 amide bonds. The Bertz CT molecular complexity index is 536. The van der Waals surface area contributed by atoms with E-state index in [-0.39, 0.29) is 0 Å². The molecule has 1 heterocycles. The lowest BCUT2D eigenvalue weighted by molar-refractivity contribution is 0.406. The Labute approximate surface area is 114 Å².